The molecule has 4 N–H and O–H groups in total. The zero-order valence-electron chi connectivity index (χ0n) is 82.0. The maximum atomic E-state index is 13.7. The van der Waals surface area contributed by atoms with Crippen molar-refractivity contribution in [2.24, 2.45) is 23.7 Å². The van der Waals surface area contributed by atoms with Crippen LogP contribution in [-0.4, -0.2) is 146 Å². The number of ether oxygens (including phenoxy) is 16. The van der Waals surface area contributed by atoms with Crippen molar-refractivity contribution in [3.05, 3.63) is 282 Å². The number of methoxy groups -OCH3 is 12. The first-order valence-corrected chi connectivity index (χ1v) is 46.9. The van der Waals surface area contributed by atoms with Gasteiger partial charge in [0.15, 0.2) is 51.7 Å². The first-order chi connectivity index (χ1) is 70.9. The predicted molar refractivity (Wildman–Crippen MR) is 541 cm³/mol. The fourth-order valence-corrected chi connectivity index (χ4v) is 18.8. The average Bonchev–Trinajstić information content (AvgIpc) is 1.56. The van der Waals surface area contributed by atoms with Crippen LogP contribution in [-0.2, 0) is 38.4 Å². The van der Waals surface area contributed by atoms with Gasteiger partial charge in [-0.15, -0.1) is 0 Å². The van der Waals surface area contributed by atoms with E-state index in [1.54, 1.807) is 241 Å². The van der Waals surface area contributed by atoms with Crippen LogP contribution in [0.3, 0.4) is 0 Å². The molecule has 146 heavy (non-hydrogen) atoms. The Bertz CT molecular complexity index is 6490. The van der Waals surface area contributed by atoms with Crippen LogP contribution in [0.25, 0.3) is 0 Å². The molecule has 6 aliphatic rings. The smallest absolute Gasteiger partial charge is 0.231 e. The fourth-order valence-electron chi connectivity index (χ4n) is 18.6. The normalized spacial score (nSPS) is 17.9. The van der Waals surface area contributed by atoms with Crippen LogP contribution in [0, 0.1) is 29.5 Å². The highest BCUT2D eigenvalue weighted by Crippen LogP contribution is 2.51. The lowest BCUT2D eigenvalue weighted by Crippen LogP contribution is -2.47. The number of piperidine rings is 4. The molecule has 33 nitrogen and oxygen atoms in total. The summed E-state index contributed by atoms with van der Waals surface area (Å²) in [6.45, 7) is 0.233. The van der Waals surface area contributed by atoms with Crippen molar-refractivity contribution in [2.45, 2.75) is 75.5 Å². The molecule has 0 saturated carbocycles. The maximum Gasteiger partial charge on any atom is 0.231 e. The summed E-state index contributed by atoms with van der Waals surface area (Å²) in [6, 6.07) is 68.3. The van der Waals surface area contributed by atoms with Crippen molar-refractivity contribution in [1.82, 2.24) is 0 Å². The number of benzene rings is 12. The Morgan fingerprint density at radius 3 is 0.966 bits per heavy atom. The summed E-state index contributed by atoms with van der Waals surface area (Å²) < 4.78 is 112. The van der Waals surface area contributed by atoms with E-state index in [4.69, 9.17) is 87.4 Å². The molecule has 0 bridgehead atoms. The standard InChI is InChI=1S/C28H29ClN2O6.C28H28N2O7.C27H25FN2O7.C27H27FN2O5/c1-34-20-9-7-19(8-10-20)31-26(32)14-11-21(27(31)17-5-12-24(36-3)25(15-17)37-4)28(33)30-18-6-13-23(35-2)22(29)16-18;1-33-20-8-4-17(5-9-20)27-21(28(32)29-18-6-11-22(34-2)24(14-18)35-3)10-13-26(31)30(27)19-7-12-23-25(15-19)37-16-36-23;1-33-19-7-3-16(4-8-19)26-20(27(32)29-17-5-10-21(34-2)24(13-17)37-28)9-12-25(31)30(26)18-6-11-22-23(14-18)36-15-35-22;1-33-20-10-8-19(9-11-20)30-25(31)15-13-22(26(30)17-4-6-18(28)7-5-17)27(32)29-23-14-12-21(34-2)16-24(23)35-3/h5-10,12-13,15-16,21,27H,11,14H2,1-4H3,(H,30,33);4-9,11-12,14-15,21,27H,10,13,16H2,1-3H3,(H,29,32);3-8,10-11,13-14,20,26H,9,12,15H2,1-2H3,(H,29,32);4-12,14,16,22,26H,13,15H2,1-3H3,(H,29,32). The van der Waals surface area contributed by atoms with E-state index in [0.717, 1.165) is 16.7 Å². The second-order valence-electron chi connectivity index (χ2n) is 34.0. The van der Waals surface area contributed by atoms with Gasteiger partial charge in [0.25, 0.3) is 0 Å². The fraction of sp³-hybridized carbons (Fsp3) is 0.273. The number of carbonyl (C=O) groups is 8. The average molecular weight is 2020 g/mol. The topological polar surface area (TPSA) is 355 Å². The van der Waals surface area contributed by atoms with E-state index in [-0.39, 0.29) is 98.0 Å². The largest absolute Gasteiger partial charge is 0.497 e. The van der Waals surface area contributed by atoms with Crippen LogP contribution in [0.1, 0.15) is 97.8 Å². The Labute approximate surface area is 846 Å². The summed E-state index contributed by atoms with van der Waals surface area (Å²) in [7, 11) is 18.5. The lowest BCUT2D eigenvalue weighted by atomic mass is 9.83. The highest BCUT2D eigenvalue weighted by atomic mass is 35.5. The van der Waals surface area contributed by atoms with Gasteiger partial charge in [-0.1, -0.05) is 54.1 Å². The zero-order chi connectivity index (χ0) is 103. The van der Waals surface area contributed by atoms with Crippen LogP contribution in [0.4, 0.5) is 54.4 Å². The number of nitrogens with one attached hydrogen (secondary N) is 4. The molecule has 12 aromatic carbocycles. The molecule has 18 rings (SSSR count). The van der Waals surface area contributed by atoms with Gasteiger partial charge in [0.05, 0.1) is 144 Å². The Kier molecular flexibility index (Phi) is 33.9. The van der Waals surface area contributed by atoms with Crippen molar-refractivity contribution in [3.63, 3.8) is 0 Å². The van der Waals surface area contributed by atoms with Crippen molar-refractivity contribution >= 4 is 104 Å². The molecule has 0 aliphatic carbocycles. The monoisotopic (exact) mass is 2010 g/mol. The second kappa shape index (κ2) is 47.8. The highest BCUT2D eigenvalue weighted by molar-refractivity contribution is 6.32. The molecule has 36 heteroatoms. The van der Waals surface area contributed by atoms with E-state index in [0.29, 0.717) is 168 Å². The lowest BCUT2D eigenvalue weighted by Gasteiger charge is -2.41. The molecular weight excluding hydrogens is 1910 g/mol. The number of anilines is 8. The summed E-state index contributed by atoms with van der Waals surface area (Å²) in [5.74, 6) is 4.59. The summed E-state index contributed by atoms with van der Waals surface area (Å²) >= 11 is 6.27. The molecule has 8 atom stereocenters. The molecule has 4 fully saturated rings. The molecule has 8 unspecified atom stereocenters. The summed E-state index contributed by atoms with van der Waals surface area (Å²) in [5.41, 5.74) is 7.43. The van der Waals surface area contributed by atoms with E-state index >= 15 is 0 Å². The Morgan fingerprint density at radius 2 is 0.589 bits per heavy atom. The van der Waals surface area contributed by atoms with Crippen LogP contribution in [0.5, 0.6) is 97.7 Å². The third-order valence-electron chi connectivity index (χ3n) is 25.8. The first-order valence-electron chi connectivity index (χ1n) is 46.5. The molecule has 4 saturated heterocycles. The van der Waals surface area contributed by atoms with Crippen molar-refractivity contribution in [2.75, 3.05) is 140 Å². The Morgan fingerprint density at radius 1 is 0.288 bits per heavy atom. The van der Waals surface area contributed by atoms with Gasteiger partial charge in [0, 0.05) is 100 Å². The number of rotatable bonds is 29. The number of hydrogen-bond donors (Lipinski definition) is 4. The van der Waals surface area contributed by atoms with Crippen molar-refractivity contribution in [3.8, 4) is 97.7 Å². The number of fused-ring (bicyclic) bond motifs is 2. The highest BCUT2D eigenvalue weighted by Gasteiger charge is 2.47. The van der Waals surface area contributed by atoms with E-state index < -0.39 is 53.7 Å². The van der Waals surface area contributed by atoms with Crippen LogP contribution in [0.2, 0.25) is 5.02 Å². The Balaban J connectivity index is 0.000000146. The molecule has 8 amide bonds. The van der Waals surface area contributed by atoms with Gasteiger partial charge in [-0.05, 0) is 224 Å². The maximum absolute atomic E-state index is 13.7. The third kappa shape index (κ3) is 23.4. The van der Waals surface area contributed by atoms with E-state index in [9.17, 15) is 47.3 Å². The molecule has 0 spiro atoms. The first kappa shape index (κ1) is 104. The van der Waals surface area contributed by atoms with Gasteiger partial charge in [0.1, 0.15) is 46.1 Å². The van der Waals surface area contributed by atoms with Gasteiger partial charge in [0.2, 0.25) is 66.6 Å². The predicted octanol–water partition coefficient (Wildman–Crippen LogP) is 19.9. The van der Waals surface area contributed by atoms with E-state index in [1.807, 2.05) is 66.7 Å². The summed E-state index contributed by atoms with van der Waals surface area (Å²) in [6.07, 6.45) is 2.25. The quantitative estimate of drug-likeness (QED) is 0.0338. The molecule has 760 valence electrons. The van der Waals surface area contributed by atoms with Gasteiger partial charge >= 0.3 is 0 Å². The SMILES string of the molecule is COc1ccc(C2C(C(=O)Nc3ccc(OC)c(OC)c3)CCC(=O)N2c2ccc3c(c2)OCO3)cc1.COc1ccc(C2C(C(=O)Nc3ccc(OC)c(OF)c3)CCC(=O)N2c2ccc3c(c2)OCO3)cc1.COc1ccc(N2C(=O)CCC(C(=O)Nc3ccc(OC)c(Cl)c3)C2c2ccc(OC)c(OC)c2)cc1.COc1ccc(N2C(=O)CCC(C(=O)Nc3ccc(OC)cc3OC)C2c2ccc(F)cc2)cc1. The molecule has 0 radical (unpaired) electrons. The molecule has 6 heterocycles. The zero-order valence-corrected chi connectivity index (χ0v) is 82.7. The second-order valence-corrected chi connectivity index (χ2v) is 34.4. The minimum Gasteiger partial charge on any atom is -0.497 e. The molecule has 0 aromatic heterocycles. The van der Waals surface area contributed by atoms with Crippen molar-refractivity contribution < 1.29 is 128 Å². The lowest BCUT2D eigenvalue weighted by molar-refractivity contribution is -0.127. The minimum atomic E-state index is -0.630. The van der Waals surface area contributed by atoms with Crippen LogP contribution in [0.15, 0.2) is 249 Å². The summed E-state index contributed by atoms with van der Waals surface area (Å²) in [4.78, 5) is 118. The van der Waals surface area contributed by atoms with Gasteiger partial charge in [-0.25, -0.2) is 4.39 Å². The number of amides is 8. The third-order valence-corrected chi connectivity index (χ3v) is 26.1. The minimum absolute atomic E-state index is 0.0742. The van der Waals surface area contributed by atoms with Gasteiger partial charge in [-0.2, -0.15) is 0 Å². The number of hydrogen-bond acceptors (Lipinski definition) is 25. The molecule has 12 aromatic rings. The number of halogens is 3. The molecule has 6 aliphatic heterocycles. The Hall–Kier alpha value is -16.9. The number of nitrogens with zero attached hydrogens (tertiary/aromatic N) is 4. The van der Waals surface area contributed by atoms with Crippen LogP contribution < -0.4 is 122 Å². The summed E-state index contributed by atoms with van der Waals surface area (Å²) in [5, 5.41) is 12.1. The van der Waals surface area contributed by atoms with Gasteiger partial charge in [-0.3, -0.25) is 43.3 Å². The molecular formula is C110H109ClF2N8O25. The van der Waals surface area contributed by atoms with Crippen molar-refractivity contribution in [1.29, 1.82) is 0 Å². The van der Waals surface area contributed by atoms with Crippen LogP contribution >= 0.6 is 11.6 Å². The van der Waals surface area contributed by atoms with E-state index in [1.165, 1.54) is 45.6 Å². The van der Waals surface area contributed by atoms with E-state index in [2.05, 4.69) is 26.2 Å². The van der Waals surface area contributed by atoms with Gasteiger partial charge < -0.3 is 117 Å². The number of carbonyl (C=O) groups excluding carboxylic acids is 8.